The second-order valence-electron chi connectivity index (χ2n) is 4.33. The maximum Gasteiger partial charge on any atom is 0.243 e. The predicted octanol–water partition coefficient (Wildman–Crippen LogP) is 1.58. The quantitative estimate of drug-likeness (QED) is 0.819. The van der Waals surface area contributed by atoms with Gasteiger partial charge in [0, 0.05) is 18.3 Å². The Morgan fingerprint density at radius 2 is 2.12 bits per heavy atom. The first-order valence-corrected chi connectivity index (χ1v) is 6.93. The van der Waals surface area contributed by atoms with E-state index < -0.39 is 15.8 Å². The highest BCUT2D eigenvalue weighted by Gasteiger charge is 2.32. The molecule has 0 bridgehead atoms. The third-order valence-corrected chi connectivity index (χ3v) is 4.98. The fourth-order valence-corrected chi connectivity index (χ4v) is 3.90. The van der Waals surface area contributed by atoms with Crippen LogP contribution in [0.4, 0.5) is 10.1 Å². The summed E-state index contributed by atoms with van der Waals surface area (Å²) in [5.41, 5.74) is 5.59. The maximum absolute atomic E-state index is 13.2. The Morgan fingerprint density at radius 1 is 1.41 bits per heavy atom. The summed E-state index contributed by atoms with van der Waals surface area (Å²) in [5.74, 6) is -0.629. The fraction of sp³-hybridized carbons (Fsp3) is 0.455. The van der Waals surface area contributed by atoms with Gasteiger partial charge in [0.1, 0.15) is 5.82 Å². The molecule has 1 unspecified atom stereocenters. The topological polar surface area (TPSA) is 63.4 Å². The maximum atomic E-state index is 13.2. The van der Waals surface area contributed by atoms with Gasteiger partial charge in [0.15, 0.2) is 0 Å². The molecule has 2 N–H and O–H groups in total. The van der Waals surface area contributed by atoms with Crippen molar-refractivity contribution in [3.63, 3.8) is 0 Å². The van der Waals surface area contributed by atoms with E-state index in [-0.39, 0.29) is 16.6 Å². The molecule has 1 aliphatic rings. The molecule has 1 aliphatic heterocycles. The SMILES string of the molecule is CC1CCCN1S(=O)(=O)c1cc(N)cc(F)c1. The molecule has 0 aromatic heterocycles. The van der Waals surface area contributed by atoms with Crippen LogP contribution in [0.15, 0.2) is 23.1 Å². The van der Waals surface area contributed by atoms with Gasteiger partial charge in [0.2, 0.25) is 10.0 Å². The van der Waals surface area contributed by atoms with Gasteiger partial charge in [-0.25, -0.2) is 12.8 Å². The molecule has 17 heavy (non-hydrogen) atoms. The van der Waals surface area contributed by atoms with Crippen LogP contribution in [-0.2, 0) is 10.0 Å². The zero-order valence-electron chi connectivity index (χ0n) is 9.56. The van der Waals surface area contributed by atoms with Gasteiger partial charge in [-0.15, -0.1) is 0 Å². The van der Waals surface area contributed by atoms with Crippen LogP contribution in [0.3, 0.4) is 0 Å². The molecule has 1 aromatic rings. The minimum Gasteiger partial charge on any atom is -0.399 e. The van der Waals surface area contributed by atoms with Gasteiger partial charge >= 0.3 is 0 Å². The van der Waals surface area contributed by atoms with E-state index in [1.54, 1.807) is 0 Å². The van der Waals surface area contributed by atoms with Crippen molar-refractivity contribution in [1.29, 1.82) is 0 Å². The average molecular weight is 258 g/mol. The van der Waals surface area contributed by atoms with Crippen LogP contribution >= 0.6 is 0 Å². The number of benzene rings is 1. The third-order valence-electron chi connectivity index (χ3n) is 2.99. The minimum atomic E-state index is -3.62. The number of sulfonamides is 1. The molecule has 6 heteroatoms. The van der Waals surface area contributed by atoms with Crippen molar-refractivity contribution in [2.75, 3.05) is 12.3 Å². The van der Waals surface area contributed by atoms with Crippen molar-refractivity contribution < 1.29 is 12.8 Å². The standard InChI is InChI=1S/C11H15FN2O2S/c1-8-3-2-4-14(8)17(15,16)11-6-9(12)5-10(13)7-11/h5-8H,2-4,13H2,1H3. The van der Waals surface area contributed by atoms with Crippen LogP contribution < -0.4 is 5.73 Å². The summed E-state index contributed by atoms with van der Waals surface area (Å²) in [6.45, 7) is 2.34. The fourth-order valence-electron chi connectivity index (χ4n) is 2.13. The molecule has 0 saturated carbocycles. The molecule has 4 nitrogen and oxygen atoms in total. The van der Waals surface area contributed by atoms with E-state index in [1.165, 1.54) is 10.4 Å². The summed E-state index contributed by atoms with van der Waals surface area (Å²) < 4.78 is 39.1. The molecule has 1 atom stereocenters. The molecular formula is C11H15FN2O2S. The minimum absolute atomic E-state index is 0.0375. The predicted molar refractivity (Wildman–Crippen MR) is 63.4 cm³/mol. The Kier molecular flexibility index (Phi) is 3.09. The van der Waals surface area contributed by atoms with Crippen LogP contribution in [0.5, 0.6) is 0 Å². The van der Waals surface area contributed by atoms with Gasteiger partial charge in [-0.05, 0) is 38.0 Å². The highest BCUT2D eigenvalue weighted by atomic mass is 32.2. The zero-order chi connectivity index (χ0) is 12.6. The highest BCUT2D eigenvalue weighted by Crippen LogP contribution is 2.27. The second-order valence-corrected chi connectivity index (χ2v) is 6.22. The number of rotatable bonds is 2. The largest absolute Gasteiger partial charge is 0.399 e. The first-order valence-electron chi connectivity index (χ1n) is 5.49. The van der Waals surface area contributed by atoms with E-state index in [0.717, 1.165) is 25.0 Å². The Balaban J connectivity index is 2.44. The number of nitrogen functional groups attached to an aromatic ring is 1. The van der Waals surface area contributed by atoms with Crippen molar-refractivity contribution in [1.82, 2.24) is 4.31 Å². The summed E-state index contributed by atoms with van der Waals surface area (Å²) in [5, 5.41) is 0. The summed E-state index contributed by atoms with van der Waals surface area (Å²) >= 11 is 0. The molecule has 94 valence electrons. The van der Waals surface area contributed by atoms with Crippen LogP contribution in [0, 0.1) is 5.82 Å². The van der Waals surface area contributed by atoms with Crippen LogP contribution in [-0.4, -0.2) is 25.3 Å². The van der Waals surface area contributed by atoms with Crippen molar-refractivity contribution in [2.24, 2.45) is 0 Å². The molecular weight excluding hydrogens is 243 g/mol. The summed E-state index contributed by atoms with van der Waals surface area (Å²) in [4.78, 5) is -0.0660. The first kappa shape index (κ1) is 12.3. The van der Waals surface area contributed by atoms with Crippen molar-refractivity contribution in [3.8, 4) is 0 Å². The Bertz CT molecular complexity index is 510. The average Bonchev–Trinajstić information content (AvgIpc) is 2.63. The van der Waals surface area contributed by atoms with Gasteiger partial charge in [0.05, 0.1) is 4.90 Å². The van der Waals surface area contributed by atoms with Gasteiger partial charge in [-0.1, -0.05) is 0 Å². The van der Waals surface area contributed by atoms with Crippen LogP contribution in [0.25, 0.3) is 0 Å². The molecule has 0 spiro atoms. The van der Waals surface area contributed by atoms with Gasteiger partial charge < -0.3 is 5.73 Å². The molecule has 0 aliphatic carbocycles. The zero-order valence-corrected chi connectivity index (χ0v) is 10.4. The number of halogens is 1. The molecule has 1 aromatic carbocycles. The lowest BCUT2D eigenvalue weighted by Crippen LogP contribution is -2.33. The summed E-state index contributed by atoms with van der Waals surface area (Å²) in [7, 11) is -3.62. The molecule has 2 rings (SSSR count). The molecule has 0 amide bonds. The van der Waals surface area contributed by atoms with Crippen molar-refractivity contribution in [3.05, 3.63) is 24.0 Å². The monoisotopic (exact) mass is 258 g/mol. The van der Waals surface area contributed by atoms with E-state index in [1.807, 2.05) is 6.92 Å². The summed E-state index contributed by atoms with van der Waals surface area (Å²) in [6.07, 6.45) is 1.68. The summed E-state index contributed by atoms with van der Waals surface area (Å²) in [6, 6.07) is 3.37. The number of hydrogen-bond acceptors (Lipinski definition) is 3. The van der Waals surface area contributed by atoms with E-state index in [0.29, 0.717) is 6.54 Å². The first-order chi connectivity index (χ1) is 7.91. The van der Waals surface area contributed by atoms with E-state index in [4.69, 9.17) is 5.73 Å². The lowest BCUT2D eigenvalue weighted by molar-refractivity contribution is 0.408. The number of nitrogens with zero attached hydrogens (tertiary/aromatic N) is 1. The Hall–Kier alpha value is -1.14. The Morgan fingerprint density at radius 3 is 2.65 bits per heavy atom. The van der Waals surface area contributed by atoms with Crippen LogP contribution in [0.1, 0.15) is 19.8 Å². The lowest BCUT2D eigenvalue weighted by atomic mass is 10.3. The van der Waals surface area contributed by atoms with Gasteiger partial charge in [-0.2, -0.15) is 4.31 Å². The second kappa shape index (κ2) is 4.27. The molecule has 0 radical (unpaired) electrons. The van der Waals surface area contributed by atoms with Gasteiger partial charge in [0.25, 0.3) is 0 Å². The van der Waals surface area contributed by atoms with E-state index in [2.05, 4.69) is 0 Å². The van der Waals surface area contributed by atoms with Crippen molar-refractivity contribution in [2.45, 2.75) is 30.7 Å². The number of anilines is 1. The normalized spacial score (nSPS) is 21.9. The third kappa shape index (κ3) is 2.28. The molecule has 1 saturated heterocycles. The highest BCUT2D eigenvalue weighted by molar-refractivity contribution is 7.89. The lowest BCUT2D eigenvalue weighted by Gasteiger charge is -2.21. The Labute approximate surface area is 100 Å². The molecule has 1 heterocycles. The van der Waals surface area contributed by atoms with E-state index in [9.17, 15) is 12.8 Å². The smallest absolute Gasteiger partial charge is 0.243 e. The molecule has 1 fully saturated rings. The van der Waals surface area contributed by atoms with Gasteiger partial charge in [-0.3, -0.25) is 0 Å². The van der Waals surface area contributed by atoms with Crippen LogP contribution in [0.2, 0.25) is 0 Å². The number of hydrogen-bond donors (Lipinski definition) is 1. The van der Waals surface area contributed by atoms with Crippen molar-refractivity contribution >= 4 is 15.7 Å². The number of nitrogens with two attached hydrogens (primary N) is 1. The van der Waals surface area contributed by atoms with E-state index >= 15 is 0 Å².